The summed E-state index contributed by atoms with van der Waals surface area (Å²) in [6, 6.07) is 3.57. The predicted octanol–water partition coefficient (Wildman–Crippen LogP) is 3.13. The molecule has 0 fully saturated rings. The smallest absolute Gasteiger partial charge is 0.240 e. The van der Waals surface area contributed by atoms with E-state index in [1.54, 1.807) is 32.6 Å². The third-order valence-electron chi connectivity index (χ3n) is 3.09. The van der Waals surface area contributed by atoms with Crippen LogP contribution in [-0.4, -0.2) is 32.9 Å². The first kappa shape index (κ1) is 18.8. The SMILES string of the molecule is CCCCC(=O)N/N=C/c1cc(OC)c(OCCC)c(OC)c1. The van der Waals surface area contributed by atoms with E-state index in [4.69, 9.17) is 14.2 Å². The van der Waals surface area contributed by atoms with Crippen molar-refractivity contribution in [2.75, 3.05) is 20.8 Å². The van der Waals surface area contributed by atoms with Crippen molar-refractivity contribution in [3.8, 4) is 17.2 Å². The molecule has 0 saturated carbocycles. The van der Waals surface area contributed by atoms with Gasteiger partial charge in [0, 0.05) is 12.0 Å². The van der Waals surface area contributed by atoms with Crippen LogP contribution in [0.2, 0.25) is 0 Å². The van der Waals surface area contributed by atoms with Crippen molar-refractivity contribution in [2.24, 2.45) is 5.10 Å². The van der Waals surface area contributed by atoms with Crippen LogP contribution in [0, 0.1) is 0 Å². The number of amides is 1. The summed E-state index contributed by atoms with van der Waals surface area (Å²) >= 11 is 0. The lowest BCUT2D eigenvalue weighted by molar-refractivity contribution is -0.121. The summed E-state index contributed by atoms with van der Waals surface area (Å²) in [5.74, 6) is 1.61. The monoisotopic (exact) mass is 322 g/mol. The fraction of sp³-hybridized carbons (Fsp3) is 0.529. The predicted molar refractivity (Wildman–Crippen MR) is 90.6 cm³/mol. The largest absolute Gasteiger partial charge is 0.493 e. The van der Waals surface area contributed by atoms with Crippen molar-refractivity contribution in [3.63, 3.8) is 0 Å². The first-order valence-electron chi connectivity index (χ1n) is 7.86. The number of hydrogen-bond acceptors (Lipinski definition) is 5. The Labute approximate surface area is 137 Å². The van der Waals surface area contributed by atoms with Crippen molar-refractivity contribution >= 4 is 12.1 Å². The number of benzene rings is 1. The van der Waals surface area contributed by atoms with Gasteiger partial charge in [-0.2, -0.15) is 5.10 Å². The standard InChI is InChI=1S/C17H26N2O4/c1-5-7-8-16(20)19-18-12-13-10-14(21-3)17(23-9-6-2)15(11-13)22-4/h10-12H,5-9H2,1-4H3,(H,19,20)/b18-12+. The molecule has 128 valence electrons. The van der Waals surface area contributed by atoms with Gasteiger partial charge in [-0.05, 0) is 25.0 Å². The van der Waals surface area contributed by atoms with Crippen molar-refractivity contribution in [2.45, 2.75) is 39.5 Å². The van der Waals surface area contributed by atoms with E-state index in [0.717, 1.165) is 24.8 Å². The number of unbranched alkanes of at least 4 members (excludes halogenated alkanes) is 1. The van der Waals surface area contributed by atoms with Crippen LogP contribution in [0.3, 0.4) is 0 Å². The summed E-state index contributed by atoms with van der Waals surface area (Å²) < 4.78 is 16.4. The molecule has 0 radical (unpaired) electrons. The van der Waals surface area contributed by atoms with E-state index in [1.165, 1.54) is 0 Å². The Morgan fingerprint density at radius 3 is 2.35 bits per heavy atom. The van der Waals surface area contributed by atoms with Crippen molar-refractivity contribution in [1.82, 2.24) is 5.43 Å². The van der Waals surface area contributed by atoms with E-state index in [-0.39, 0.29) is 5.91 Å². The molecular formula is C17H26N2O4. The minimum Gasteiger partial charge on any atom is -0.493 e. The van der Waals surface area contributed by atoms with Crippen LogP contribution in [0.1, 0.15) is 45.1 Å². The summed E-state index contributed by atoms with van der Waals surface area (Å²) in [6.45, 7) is 4.64. The van der Waals surface area contributed by atoms with E-state index < -0.39 is 0 Å². The lowest BCUT2D eigenvalue weighted by Crippen LogP contribution is -2.16. The number of methoxy groups -OCH3 is 2. The van der Waals surface area contributed by atoms with Gasteiger partial charge < -0.3 is 14.2 Å². The highest BCUT2D eigenvalue weighted by atomic mass is 16.5. The van der Waals surface area contributed by atoms with Gasteiger partial charge >= 0.3 is 0 Å². The molecule has 1 aromatic rings. The van der Waals surface area contributed by atoms with Gasteiger partial charge in [0.2, 0.25) is 11.7 Å². The molecule has 0 aliphatic rings. The number of rotatable bonds is 10. The van der Waals surface area contributed by atoms with Gasteiger partial charge in [0.15, 0.2) is 11.5 Å². The van der Waals surface area contributed by atoms with Gasteiger partial charge in [-0.15, -0.1) is 0 Å². The molecule has 0 saturated heterocycles. The van der Waals surface area contributed by atoms with Crippen LogP contribution in [0.5, 0.6) is 17.2 Å². The second kappa shape index (κ2) is 10.5. The maximum atomic E-state index is 11.5. The summed E-state index contributed by atoms with van der Waals surface area (Å²) in [7, 11) is 3.14. The average Bonchev–Trinajstić information content (AvgIpc) is 2.57. The second-order valence-electron chi connectivity index (χ2n) is 5.00. The van der Waals surface area contributed by atoms with Gasteiger partial charge in [-0.25, -0.2) is 5.43 Å². The Morgan fingerprint density at radius 2 is 1.83 bits per heavy atom. The van der Waals surface area contributed by atoms with Crippen molar-refractivity contribution in [1.29, 1.82) is 0 Å². The molecule has 1 N–H and O–H groups in total. The van der Waals surface area contributed by atoms with Crippen LogP contribution < -0.4 is 19.6 Å². The zero-order chi connectivity index (χ0) is 17.1. The van der Waals surface area contributed by atoms with Gasteiger partial charge in [0.1, 0.15) is 0 Å². The van der Waals surface area contributed by atoms with Gasteiger partial charge in [-0.1, -0.05) is 20.3 Å². The van der Waals surface area contributed by atoms with Gasteiger partial charge in [0.25, 0.3) is 0 Å². The van der Waals surface area contributed by atoms with E-state index >= 15 is 0 Å². The molecule has 23 heavy (non-hydrogen) atoms. The molecule has 0 spiro atoms. The third kappa shape index (κ3) is 6.18. The highest BCUT2D eigenvalue weighted by Crippen LogP contribution is 2.38. The zero-order valence-electron chi connectivity index (χ0n) is 14.3. The quantitative estimate of drug-likeness (QED) is 0.531. The second-order valence-corrected chi connectivity index (χ2v) is 5.00. The average molecular weight is 322 g/mol. The first-order chi connectivity index (χ1) is 11.2. The number of nitrogens with zero attached hydrogens (tertiary/aromatic N) is 1. The van der Waals surface area contributed by atoms with E-state index in [0.29, 0.717) is 30.3 Å². The molecule has 1 amide bonds. The lowest BCUT2D eigenvalue weighted by atomic mass is 10.2. The van der Waals surface area contributed by atoms with E-state index in [9.17, 15) is 4.79 Å². The Kier molecular flexibility index (Phi) is 8.57. The van der Waals surface area contributed by atoms with Crippen molar-refractivity contribution < 1.29 is 19.0 Å². The Hall–Kier alpha value is -2.24. The van der Waals surface area contributed by atoms with Crippen LogP contribution >= 0.6 is 0 Å². The van der Waals surface area contributed by atoms with Crippen LogP contribution in [-0.2, 0) is 4.79 Å². The number of hydrogen-bond donors (Lipinski definition) is 1. The Morgan fingerprint density at radius 1 is 1.17 bits per heavy atom. The third-order valence-corrected chi connectivity index (χ3v) is 3.09. The molecule has 1 rings (SSSR count). The van der Waals surface area contributed by atoms with Crippen LogP contribution in [0.4, 0.5) is 0 Å². The molecule has 0 aliphatic carbocycles. The number of carbonyl (C=O) groups excluding carboxylic acids is 1. The highest BCUT2D eigenvalue weighted by molar-refractivity contribution is 5.84. The molecule has 0 unspecified atom stereocenters. The topological polar surface area (TPSA) is 69.2 Å². The molecule has 0 aromatic heterocycles. The normalized spacial score (nSPS) is 10.6. The fourth-order valence-electron chi connectivity index (χ4n) is 1.89. The molecule has 0 aliphatic heterocycles. The van der Waals surface area contributed by atoms with Crippen molar-refractivity contribution in [3.05, 3.63) is 17.7 Å². The minimum absolute atomic E-state index is 0.0927. The fourth-order valence-corrected chi connectivity index (χ4v) is 1.89. The molecule has 6 heteroatoms. The molecule has 1 aromatic carbocycles. The van der Waals surface area contributed by atoms with E-state index in [1.807, 2.05) is 13.8 Å². The summed E-state index contributed by atoms with van der Waals surface area (Å²) in [5.41, 5.74) is 3.26. The highest BCUT2D eigenvalue weighted by Gasteiger charge is 2.13. The number of ether oxygens (including phenoxy) is 3. The number of carbonyl (C=O) groups is 1. The molecular weight excluding hydrogens is 296 g/mol. The summed E-state index contributed by atoms with van der Waals surface area (Å²) in [4.78, 5) is 11.5. The molecule has 6 nitrogen and oxygen atoms in total. The summed E-state index contributed by atoms with van der Waals surface area (Å²) in [6.07, 6.45) is 4.75. The van der Waals surface area contributed by atoms with Gasteiger partial charge in [0.05, 0.1) is 27.0 Å². The maximum absolute atomic E-state index is 11.5. The number of nitrogens with one attached hydrogen (secondary N) is 1. The Balaban J connectivity index is 2.85. The van der Waals surface area contributed by atoms with Gasteiger partial charge in [-0.3, -0.25) is 4.79 Å². The molecule has 0 atom stereocenters. The minimum atomic E-state index is -0.0927. The lowest BCUT2D eigenvalue weighted by Gasteiger charge is -2.14. The van der Waals surface area contributed by atoms with Crippen LogP contribution in [0.15, 0.2) is 17.2 Å². The summed E-state index contributed by atoms with van der Waals surface area (Å²) in [5, 5.41) is 3.96. The first-order valence-corrected chi connectivity index (χ1v) is 7.86. The number of hydrazone groups is 1. The van der Waals surface area contributed by atoms with Crippen LogP contribution in [0.25, 0.3) is 0 Å². The molecule has 0 heterocycles. The molecule has 0 bridgehead atoms. The zero-order valence-corrected chi connectivity index (χ0v) is 14.3. The Bertz CT molecular complexity index is 504. The maximum Gasteiger partial charge on any atom is 0.240 e. The van der Waals surface area contributed by atoms with E-state index in [2.05, 4.69) is 10.5 Å².